The van der Waals surface area contributed by atoms with Crippen LogP contribution in [0.3, 0.4) is 0 Å². The Balaban J connectivity index is 2.14. The Morgan fingerprint density at radius 2 is 2.05 bits per heavy atom. The Kier molecular flexibility index (Phi) is 4.36. The average Bonchev–Trinajstić information content (AvgIpc) is 2.84. The van der Waals surface area contributed by atoms with Gasteiger partial charge in [0.05, 0.1) is 6.26 Å². The maximum atomic E-state index is 10.7. The third-order valence-electron chi connectivity index (χ3n) is 5.11. The number of hydrogen-bond donors (Lipinski definition) is 2. The minimum absolute atomic E-state index is 0.200. The average molecular weight is 265 g/mol. The minimum Gasteiger partial charge on any atom is -0.466 e. The Labute approximate surface area is 116 Å². The molecule has 1 unspecified atom stereocenters. The molecule has 1 atom stereocenters. The first kappa shape index (κ1) is 14.6. The number of aryl methyl sites for hydroxylation is 1. The van der Waals surface area contributed by atoms with E-state index in [0.29, 0.717) is 12.3 Å². The lowest BCUT2D eigenvalue weighted by molar-refractivity contribution is -0.0273. The molecule has 1 fully saturated rings. The second kappa shape index (κ2) is 5.68. The van der Waals surface area contributed by atoms with Crippen LogP contribution in [-0.2, 0) is 0 Å². The van der Waals surface area contributed by atoms with Gasteiger partial charge in [0, 0.05) is 12.0 Å². The second-order valence-electron chi connectivity index (χ2n) is 6.52. The van der Waals surface area contributed by atoms with Crippen molar-refractivity contribution in [3.05, 3.63) is 23.7 Å². The highest BCUT2D eigenvalue weighted by molar-refractivity contribution is 5.19. The van der Waals surface area contributed by atoms with Crippen molar-refractivity contribution in [1.82, 2.24) is 0 Å². The van der Waals surface area contributed by atoms with Gasteiger partial charge >= 0.3 is 0 Å². The van der Waals surface area contributed by atoms with Crippen LogP contribution in [0.4, 0.5) is 0 Å². The molecule has 2 rings (SSSR count). The number of nitrogens with two attached hydrogens (primary N) is 1. The number of aliphatic hydroxyl groups excluding tert-OH is 1. The van der Waals surface area contributed by atoms with Crippen molar-refractivity contribution in [1.29, 1.82) is 0 Å². The van der Waals surface area contributed by atoms with Crippen molar-refractivity contribution in [2.45, 2.75) is 52.6 Å². The Morgan fingerprint density at radius 3 is 2.47 bits per heavy atom. The third-order valence-corrected chi connectivity index (χ3v) is 5.11. The van der Waals surface area contributed by atoms with Crippen molar-refractivity contribution < 1.29 is 9.52 Å². The van der Waals surface area contributed by atoms with Crippen LogP contribution in [0.15, 0.2) is 16.7 Å². The SMILES string of the molecule is Cc1ccoc1C(O)C1(CN)CCC(C(C)C)CC1. The van der Waals surface area contributed by atoms with E-state index >= 15 is 0 Å². The molecule has 1 heterocycles. The van der Waals surface area contributed by atoms with Crippen molar-refractivity contribution in [3.8, 4) is 0 Å². The first-order chi connectivity index (χ1) is 9.00. The summed E-state index contributed by atoms with van der Waals surface area (Å²) in [5.41, 5.74) is 6.83. The van der Waals surface area contributed by atoms with E-state index in [4.69, 9.17) is 10.2 Å². The van der Waals surface area contributed by atoms with Crippen LogP contribution < -0.4 is 5.73 Å². The molecule has 0 bridgehead atoms. The number of aliphatic hydroxyl groups is 1. The van der Waals surface area contributed by atoms with Gasteiger partial charge in [0.1, 0.15) is 11.9 Å². The van der Waals surface area contributed by atoms with Crippen LogP contribution >= 0.6 is 0 Å². The van der Waals surface area contributed by atoms with Crippen LogP contribution in [0.5, 0.6) is 0 Å². The van der Waals surface area contributed by atoms with Crippen LogP contribution in [0, 0.1) is 24.2 Å². The fraction of sp³-hybridized carbons (Fsp3) is 0.750. The normalized spacial score (nSPS) is 29.7. The standard InChI is InChI=1S/C16H27NO2/c1-11(2)13-4-7-16(10-17,8-5-13)15(18)14-12(3)6-9-19-14/h6,9,11,13,15,18H,4-5,7-8,10,17H2,1-3H3. The highest BCUT2D eigenvalue weighted by Crippen LogP contribution is 2.48. The molecule has 0 spiro atoms. The van der Waals surface area contributed by atoms with Gasteiger partial charge in [0.25, 0.3) is 0 Å². The van der Waals surface area contributed by atoms with Crippen molar-refractivity contribution in [2.75, 3.05) is 6.54 Å². The molecule has 0 aliphatic heterocycles. The molecule has 1 aliphatic rings. The molecular weight excluding hydrogens is 238 g/mol. The molecule has 19 heavy (non-hydrogen) atoms. The molecule has 0 aromatic carbocycles. The molecule has 3 N–H and O–H groups in total. The summed E-state index contributed by atoms with van der Waals surface area (Å²) in [4.78, 5) is 0. The van der Waals surface area contributed by atoms with Crippen LogP contribution in [0.2, 0.25) is 0 Å². The Morgan fingerprint density at radius 1 is 1.42 bits per heavy atom. The first-order valence-corrected chi connectivity index (χ1v) is 7.42. The lowest BCUT2D eigenvalue weighted by Gasteiger charge is -2.43. The van der Waals surface area contributed by atoms with E-state index in [1.807, 2.05) is 13.0 Å². The van der Waals surface area contributed by atoms with Gasteiger partial charge in [-0.1, -0.05) is 13.8 Å². The molecule has 0 radical (unpaired) electrons. The van der Waals surface area contributed by atoms with Gasteiger partial charge in [0.2, 0.25) is 0 Å². The summed E-state index contributed by atoms with van der Waals surface area (Å²) in [7, 11) is 0. The van der Waals surface area contributed by atoms with Crippen molar-refractivity contribution in [2.24, 2.45) is 23.0 Å². The molecular formula is C16H27NO2. The van der Waals surface area contributed by atoms with Gasteiger partial charge in [-0.25, -0.2) is 0 Å². The molecule has 3 nitrogen and oxygen atoms in total. The lowest BCUT2D eigenvalue weighted by atomic mass is 9.64. The number of hydrogen-bond acceptors (Lipinski definition) is 3. The zero-order chi connectivity index (χ0) is 14.0. The van der Waals surface area contributed by atoms with Gasteiger partial charge in [-0.05, 0) is 56.1 Å². The number of rotatable bonds is 4. The van der Waals surface area contributed by atoms with E-state index in [-0.39, 0.29) is 5.41 Å². The van der Waals surface area contributed by atoms with E-state index in [2.05, 4.69) is 13.8 Å². The summed E-state index contributed by atoms with van der Waals surface area (Å²) in [6.07, 6.45) is 5.39. The maximum absolute atomic E-state index is 10.7. The number of furan rings is 1. The Hall–Kier alpha value is -0.800. The zero-order valence-electron chi connectivity index (χ0n) is 12.4. The predicted molar refractivity (Wildman–Crippen MR) is 76.7 cm³/mol. The van der Waals surface area contributed by atoms with E-state index < -0.39 is 6.10 Å². The summed E-state index contributed by atoms with van der Waals surface area (Å²) < 4.78 is 5.47. The largest absolute Gasteiger partial charge is 0.466 e. The molecule has 108 valence electrons. The predicted octanol–water partition coefficient (Wildman–Crippen LogP) is 3.41. The van der Waals surface area contributed by atoms with E-state index in [1.54, 1.807) is 6.26 Å². The van der Waals surface area contributed by atoms with Crippen LogP contribution in [-0.4, -0.2) is 11.7 Å². The van der Waals surface area contributed by atoms with Gasteiger partial charge in [-0.2, -0.15) is 0 Å². The highest BCUT2D eigenvalue weighted by Gasteiger charge is 2.43. The van der Waals surface area contributed by atoms with Gasteiger partial charge in [-0.3, -0.25) is 0 Å². The second-order valence-corrected chi connectivity index (χ2v) is 6.52. The monoisotopic (exact) mass is 265 g/mol. The molecule has 3 heteroatoms. The fourth-order valence-corrected chi connectivity index (χ4v) is 3.41. The summed E-state index contributed by atoms with van der Waals surface area (Å²) in [6.45, 7) is 7.07. The molecule has 1 aromatic rings. The van der Waals surface area contributed by atoms with E-state index in [0.717, 1.165) is 43.1 Å². The first-order valence-electron chi connectivity index (χ1n) is 7.42. The van der Waals surface area contributed by atoms with Crippen molar-refractivity contribution in [3.63, 3.8) is 0 Å². The van der Waals surface area contributed by atoms with E-state index in [9.17, 15) is 5.11 Å². The van der Waals surface area contributed by atoms with Gasteiger partial charge in [-0.15, -0.1) is 0 Å². The summed E-state index contributed by atoms with van der Waals surface area (Å²) in [5, 5.41) is 10.7. The van der Waals surface area contributed by atoms with Crippen LogP contribution in [0.1, 0.15) is 57.0 Å². The third kappa shape index (κ3) is 2.72. The molecule has 1 aromatic heterocycles. The molecule has 1 aliphatic carbocycles. The summed E-state index contributed by atoms with van der Waals surface area (Å²) in [5.74, 6) is 2.19. The zero-order valence-corrected chi connectivity index (χ0v) is 12.4. The molecule has 0 saturated heterocycles. The lowest BCUT2D eigenvalue weighted by Crippen LogP contribution is -2.41. The van der Waals surface area contributed by atoms with Crippen molar-refractivity contribution >= 4 is 0 Å². The summed E-state index contributed by atoms with van der Waals surface area (Å²) in [6, 6.07) is 1.91. The fourth-order valence-electron chi connectivity index (χ4n) is 3.41. The smallest absolute Gasteiger partial charge is 0.135 e. The van der Waals surface area contributed by atoms with Gasteiger partial charge in [0.15, 0.2) is 0 Å². The Bertz CT molecular complexity index is 403. The van der Waals surface area contributed by atoms with Gasteiger partial charge < -0.3 is 15.3 Å². The maximum Gasteiger partial charge on any atom is 0.135 e. The highest BCUT2D eigenvalue weighted by atomic mass is 16.4. The van der Waals surface area contributed by atoms with Crippen LogP contribution in [0.25, 0.3) is 0 Å². The molecule has 1 saturated carbocycles. The quantitative estimate of drug-likeness (QED) is 0.877. The topological polar surface area (TPSA) is 59.4 Å². The summed E-state index contributed by atoms with van der Waals surface area (Å²) >= 11 is 0. The van der Waals surface area contributed by atoms with E-state index in [1.165, 1.54) is 0 Å². The minimum atomic E-state index is -0.569. The molecule has 0 amide bonds.